The Bertz CT molecular complexity index is 454. The molecule has 5 nitrogen and oxygen atoms in total. The minimum atomic E-state index is 0.504. The molecule has 0 aliphatic carbocycles. The topological polar surface area (TPSA) is 41.5 Å². The van der Waals surface area contributed by atoms with Gasteiger partial charge in [0.15, 0.2) is 0 Å². The molecule has 0 saturated carbocycles. The van der Waals surface area contributed by atoms with Crippen LogP contribution in [0.15, 0.2) is 6.07 Å². The van der Waals surface area contributed by atoms with E-state index < -0.39 is 0 Å². The smallest absolute Gasteiger partial charge is 0.132 e. The summed E-state index contributed by atoms with van der Waals surface area (Å²) in [6.07, 6.45) is 0.954. The van der Waals surface area contributed by atoms with Crippen LogP contribution in [0.4, 0.5) is 5.82 Å². The largest absolute Gasteiger partial charge is 0.383 e. The summed E-state index contributed by atoms with van der Waals surface area (Å²) in [6, 6.07) is 3.14. The van der Waals surface area contributed by atoms with Gasteiger partial charge < -0.3 is 9.64 Å². The molecule has 0 spiro atoms. The van der Waals surface area contributed by atoms with Gasteiger partial charge in [0.2, 0.25) is 0 Å². The van der Waals surface area contributed by atoms with E-state index in [1.54, 1.807) is 7.11 Å². The Morgan fingerprint density at radius 1 is 1.24 bits per heavy atom. The number of rotatable bonds is 5. The Morgan fingerprint density at radius 3 is 2.48 bits per heavy atom. The lowest BCUT2D eigenvalue weighted by molar-refractivity contribution is 0.0844. The first-order valence-electron chi connectivity index (χ1n) is 7.89. The number of piperazine rings is 1. The number of nitrogens with zero attached hydrogens (tertiary/aromatic N) is 4. The molecule has 1 aliphatic heterocycles. The van der Waals surface area contributed by atoms with Crippen molar-refractivity contribution in [3.63, 3.8) is 0 Å². The zero-order chi connectivity index (χ0) is 15.4. The lowest BCUT2D eigenvalue weighted by atomic mass is 10.1. The molecule has 1 saturated heterocycles. The molecule has 0 radical (unpaired) electrons. The van der Waals surface area contributed by atoms with Crippen molar-refractivity contribution in [3.8, 4) is 0 Å². The quantitative estimate of drug-likeness (QED) is 0.829. The minimum Gasteiger partial charge on any atom is -0.383 e. The highest BCUT2D eigenvalue weighted by molar-refractivity contribution is 5.41. The number of methoxy groups -OCH3 is 1. The van der Waals surface area contributed by atoms with Crippen molar-refractivity contribution >= 4 is 5.82 Å². The SMILES string of the molecule is CCc1cc(N2CC(C)N(CCOC)C(C)C2)nc(C)n1. The first-order chi connectivity index (χ1) is 10.0. The highest BCUT2D eigenvalue weighted by Crippen LogP contribution is 2.21. The number of aromatic nitrogens is 2. The molecule has 0 N–H and O–H groups in total. The summed E-state index contributed by atoms with van der Waals surface area (Å²) in [4.78, 5) is 14.0. The molecule has 118 valence electrons. The van der Waals surface area contributed by atoms with Gasteiger partial charge in [-0.3, -0.25) is 4.90 Å². The molecule has 5 heteroatoms. The fourth-order valence-electron chi connectivity index (χ4n) is 3.14. The van der Waals surface area contributed by atoms with Crippen LogP contribution in [0.5, 0.6) is 0 Å². The van der Waals surface area contributed by atoms with Crippen molar-refractivity contribution in [2.75, 3.05) is 38.3 Å². The second-order valence-electron chi connectivity index (χ2n) is 5.95. The zero-order valence-electron chi connectivity index (χ0n) is 14.0. The average molecular weight is 292 g/mol. The number of hydrogen-bond donors (Lipinski definition) is 0. The van der Waals surface area contributed by atoms with E-state index in [9.17, 15) is 0 Å². The van der Waals surface area contributed by atoms with E-state index >= 15 is 0 Å². The average Bonchev–Trinajstić information content (AvgIpc) is 2.45. The number of ether oxygens (including phenoxy) is 1. The van der Waals surface area contributed by atoms with Gasteiger partial charge in [-0.25, -0.2) is 9.97 Å². The summed E-state index contributed by atoms with van der Waals surface area (Å²) < 4.78 is 5.22. The van der Waals surface area contributed by atoms with Gasteiger partial charge in [0.1, 0.15) is 11.6 Å². The van der Waals surface area contributed by atoms with Gasteiger partial charge in [-0.15, -0.1) is 0 Å². The third-order valence-corrected chi connectivity index (χ3v) is 4.22. The molecule has 2 rings (SSSR count). The highest BCUT2D eigenvalue weighted by atomic mass is 16.5. The Labute approximate surface area is 128 Å². The summed E-state index contributed by atoms with van der Waals surface area (Å²) in [5, 5.41) is 0. The maximum Gasteiger partial charge on any atom is 0.132 e. The van der Waals surface area contributed by atoms with Crippen LogP contribution in [-0.2, 0) is 11.2 Å². The third-order valence-electron chi connectivity index (χ3n) is 4.22. The summed E-state index contributed by atoms with van der Waals surface area (Å²) in [7, 11) is 1.77. The summed E-state index contributed by atoms with van der Waals surface area (Å²) in [6.45, 7) is 12.5. The molecule has 1 aromatic heterocycles. The Hall–Kier alpha value is -1.20. The fourth-order valence-corrected chi connectivity index (χ4v) is 3.14. The van der Waals surface area contributed by atoms with Gasteiger partial charge in [0.05, 0.1) is 6.61 Å². The van der Waals surface area contributed by atoms with Crippen LogP contribution in [0.3, 0.4) is 0 Å². The second-order valence-corrected chi connectivity index (χ2v) is 5.95. The molecule has 2 atom stereocenters. The number of aryl methyl sites for hydroxylation is 2. The van der Waals surface area contributed by atoms with Crippen LogP contribution in [-0.4, -0.2) is 60.3 Å². The molecule has 0 bridgehead atoms. The molecular formula is C16H28N4O. The molecule has 21 heavy (non-hydrogen) atoms. The lowest BCUT2D eigenvalue weighted by Gasteiger charge is -2.45. The van der Waals surface area contributed by atoms with E-state index in [4.69, 9.17) is 4.74 Å². The third kappa shape index (κ3) is 3.92. The van der Waals surface area contributed by atoms with Crippen molar-refractivity contribution in [1.82, 2.24) is 14.9 Å². The monoisotopic (exact) mass is 292 g/mol. The van der Waals surface area contributed by atoms with Crippen LogP contribution in [0.2, 0.25) is 0 Å². The zero-order valence-corrected chi connectivity index (χ0v) is 14.0. The maximum atomic E-state index is 5.22. The molecule has 1 fully saturated rings. The lowest BCUT2D eigenvalue weighted by Crippen LogP contribution is -2.57. The predicted octanol–water partition coefficient (Wildman–Crippen LogP) is 1.89. The van der Waals surface area contributed by atoms with Crippen LogP contribution >= 0.6 is 0 Å². The summed E-state index contributed by atoms with van der Waals surface area (Å²) >= 11 is 0. The van der Waals surface area contributed by atoms with Gasteiger partial charge in [-0.05, 0) is 27.2 Å². The molecule has 0 amide bonds. The second kappa shape index (κ2) is 7.18. The van der Waals surface area contributed by atoms with Crippen LogP contribution in [0.25, 0.3) is 0 Å². The van der Waals surface area contributed by atoms with E-state index in [-0.39, 0.29) is 0 Å². The van der Waals surface area contributed by atoms with E-state index in [0.29, 0.717) is 12.1 Å². The first-order valence-corrected chi connectivity index (χ1v) is 7.89. The van der Waals surface area contributed by atoms with E-state index in [0.717, 1.165) is 50.0 Å². The van der Waals surface area contributed by atoms with Crippen molar-refractivity contribution in [3.05, 3.63) is 17.6 Å². The van der Waals surface area contributed by atoms with Gasteiger partial charge in [-0.1, -0.05) is 6.92 Å². The van der Waals surface area contributed by atoms with Crippen molar-refractivity contribution in [2.24, 2.45) is 0 Å². The normalized spacial score (nSPS) is 23.6. The van der Waals surface area contributed by atoms with Crippen molar-refractivity contribution in [1.29, 1.82) is 0 Å². The Balaban J connectivity index is 2.11. The molecule has 2 heterocycles. The molecule has 2 unspecified atom stereocenters. The van der Waals surface area contributed by atoms with Gasteiger partial charge in [0.25, 0.3) is 0 Å². The highest BCUT2D eigenvalue weighted by Gasteiger charge is 2.29. The summed E-state index contributed by atoms with van der Waals surface area (Å²) in [5.41, 5.74) is 1.12. The summed E-state index contributed by atoms with van der Waals surface area (Å²) in [5.74, 6) is 1.94. The maximum absolute atomic E-state index is 5.22. The first kappa shape index (κ1) is 16.2. The fraction of sp³-hybridized carbons (Fsp3) is 0.750. The Kier molecular flexibility index (Phi) is 5.53. The number of anilines is 1. The van der Waals surface area contributed by atoms with Gasteiger partial charge in [-0.2, -0.15) is 0 Å². The van der Waals surface area contributed by atoms with Crippen molar-refractivity contribution in [2.45, 2.75) is 46.2 Å². The minimum absolute atomic E-state index is 0.504. The van der Waals surface area contributed by atoms with E-state index in [2.05, 4.69) is 46.6 Å². The molecule has 1 aliphatic rings. The molecule has 1 aromatic rings. The Morgan fingerprint density at radius 2 is 1.90 bits per heavy atom. The predicted molar refractivity (Wildman–Crippen MR) is 85.9 cm³/mol. The van der Waals surface area contributed by atoms with Crippen LogP contribution < -0.4 is 4.90 Å². The van der Waals surface area contributed by atoms with Crippen LogP contribution in [0.1, 0.15) is 32.3 Å². The standard InChI is InChI=1S/C16H28N4O/c1-6-15-9-16(18-14(4)17-15)19-10-12(2)20(7-8-21-5)13(3)11-19/h9,12-13H,6-8,10-11H2,1-5H3. The molecular weight excluding hydrogens is 264 g/mol. The molecule has 0 aromatic carbocycles. The van der Waals surface area contributed by atoms with Gasteiger partial charge >= 0.3 is 0 Å². The van der Waals surface area contributed by atoms with Crippen LogP contribution in [0, 0.1) is 6.92 Å². The van der Waals surface area contributed by atoms with E-state index in [1.807, 2.05) is 6.92 Å². The van der Waals surface area contributed by atoms with Gasteiger partial charge in [0, 0.05) is 50.6 Å². The van der Waals surface area contributed by atoms with E-state index in [1.165, 1.54) is 0 Å². The van der Waals surface area contributed by atoms with Crippen molar-refractivity contribution < 1.29 is 4.74 Å². The number of hydrogen-bond acceptors (Lipinski definition) is 5.